The molecule has 1 rings (SSSR count). The summed E-state index contributed by atoms with van der Waals surface area (Å²) in [6.07, 6.45) is 2.03. The molecular formula is C12H23N3S. The molecule has 0 amide bonds. The molecule has 0 saturated heterocycles. The number of hydrogen-bond acceptors (Lipinski definition) is 2. The van der Waals surface area contributed by atoms with Crippen LogP contribution in [0.15, 0.2) is 6.20 Å². The van der Waals surface area contributed by atoms with E-state index in [0.717, 1.165) is 17.9 Å². The van der Waals surface area contributed by atoms with E-state index >= 15 is 0 Å². The van der Waals surface area contributed by atoms with Crippen molar-refractivity contribution >= 4 is 12.2 Å². The largest absolute Gasteiger partial charge is 0.337 e. The lowest BCUT2D eigenvalue weighted by molar-refractivity contribution is 0.261. The number of hydrogen-bond donors (Lipinski definition) is 1. The molecule has 16 heavy (non-hydrogen) atoms. The van der Waals surface area contributed by atoms with Gasteiger partial charge in [0, 0.05) is 31.0 Å². The molecule has 0 radical (unpaired) electrons. The highest BCUT2D eigenvalue weighted by molar-refractivity contribution is 7.71. The molecular weight excluding hydrogens is 218 g/mol. The van der Waals surface area contributed by atoms with Crippen LogP contribution in [0.1, 0.15) is 39.3 Å². The second kappa shape index (κ2) is 5.64. The maximum absolute atomic E-state index is 5.30. The first-order valence-corrected chi connectivity index (χ1v) is 6.32. The van der Waals surface area contributed by atoms with Crippen molar-refractivity contribution in [2.75, 3.05) is 13.6 Å². The summed E-state index contributed by atoms with van der Waals surface area (Å²) in [5.74, 6) is 0.511. The topological polar surface area (TPSA) is 24.0 Å². The van der Waals surface area contributed by atoms with Crippen molar-refractivity contribution in [2.24, 2.45) is 0 Å². The minimum atomic E-state index is 0.511. The maximum atomic E-state index is 5.30. The highest BCUT2D eigenvalue weighted by Gasteiger charge is 2.09. The number of imidazole rings is 1. The second-order valence-electron chi connectivity index (χ2n) is 4.90. The van der Waals surface area contributed by atoms with E-state index < -0.39 is 0 Å². The average Bonchev–Trinajstić information content (AvgIpc) is 2.56. The van der Waals surface area contributed by atoms with E-state index in [1.165, 1.54) is 5.69 Å². The Bertz CT molecular complexity index is 376. The molecule has 4 heteroatoms. The quantitative estimate of drug-likeness (QED) is 0.801. The molecule has 0 aliphatic carbocycles. The molecule has 1 N–H and O–H groups in total. The first-order valence-electron chi connectivity index (χ1n) is 5.91. The predicted molar refractivity (Wildman–Crippen MR) is 71.5 cm³/mol. The minimum absolute atomic E-state index is 0.511. The monoisotopic (exact) mass is 241 g/mol. The normalized spacial score (nSPS) is 12.0. The molecule has 0 aliphatic heterocycles. The Morgan fingerprint density at radius 1 is 1.38 bits per heavy atom. The van der Waals surface area contributed by atoms with Crippen molar-refractivity contribution in [2.45, 2.75) is 46.2 Å². The Labute approximate surface area is 103 Å². The van der Waals surface area contributed by atoms with E-state index in [1.54, 1.807) is 0 Å². The van der Waals surface area contributed by atoms with E-state index in [9.17, 15) is 0 Å². The third kappa shape index (κ3) is 3.19. The number of likely N-dealkylation sites (N-methyl/N-ethyl adjacent to an activating group) is 1. The van der Waals surface area contributed by atoms with Gasteiger partial charge in [-0.1, -0.05) is 13.8 Å². The fourth-order valence-electron chi connectivity index (χ4n) is 1.63. The van der Waals surface area contributed by atoms with E-state index in [4.69, 9.17) is 12.2 Å². The third-order valence-corrected chi connectivity index (χ3v) is 3.39. The van der Waals surface area contributed by atoms with Crippen LogP contribution >= 0.6 is 12.2 Å². The van der Waals surface area contributed by atoms with E-state index in [0.29, 0.717) is 12.0 Å². The van der Waals surface area contributed by atoms with Crippen molar-refractivity contribution in [1.29, 1.82) is 0 Å². The Morgan fingerprint density at radius 2 is 2.00 bits per heavy atom. The van der Waals surface area contributed by atoms with Crippen LogP contribution in [-0.2, 0) is 6.54 Å². The van der Waals surface area contributed by atoms with Crippen molar-refractivity contribution in [3.8, 4) is 0 Å². The molecule has 0 aromatic carbocycles. The van der Waals surface area contributed by atoms with E-state index in [-0.39, 0.29) is 0 Å². The standard InChI is InChI=1S/C12H23N3S/c1-9(2)11-8-13-12(16)15(11)7-6-14(5)10(3)4/h8-10H,6-7H2,1-5H3,(H,13,16). The van der Waals surface area contributed by atoms with Gasteiger partial charge in [-0.05, 0) is 39.0 Å². The highest BCUT2D eigenvalue weighted by atomic mass is 32.1. The Morgan fingerprint density at radius 3 is 2.50 bits per heavy atom. The number of nitrogens with zero attached hydrogens (tertiary/aromatic N) is 2. The van der Waals surface area contributed by atoms with E-state index in [2.05, 4.69) is 49.2 Å². The van der Waals surface area contributed by atoms with Crippen molar-refractivity contribution < 1.29 is 0 Å². The zero-order valence-electron chi connectivity index (χ0n) is 10.9. The molecule has 0 atom stereocenters. The van der Waals surface area contributed by atoms with Crippen molar-refractivity contribution in [3.05, 3.63) is 16.7 Å². The van der Waals surface area contributed by atoms with Crippen LogP contribution in [-0.4, -0.2) is 34.1 Å². The van der Waals surface area contributed by atoms with Crippen molar-refractivity contribution in [3.63, 3.8) is 0 Å². The summed E-state index contributed by atoms with van der Waals surface area (Å²) >= 11 is 5.30. The van der Waals surface area contributed by atoms with E-state index in [1.807, 2.05) is 6.20 Å². The summed E-state index contributed by atoms with van der Waals surface area (Å²) in [6.45, 7) is 10.8. The molecule has 0 bridgehead atoms. The van der Waals surface area contributed by atoms with Crippen LogP contribution < -0.4 is 0 Å². The molecule has 0 aliphatic rings. The van der Waals surface area contributed by atoms with Crippen LogP contribution in [0.4, 0.5) is 0 Å². The van der Waals surface area contributed by atoms with Crippen LogP contribution in [0, 0.1) is 4.77 Å². The van der Waals surface area contributed by atoms with Gasteiger partial charge in [-0.25, -0.2) is 0 Å². The smallest absolute Gasteiger partial charge is 0.177 e. The summed E-state index contributed by atoms with van der Waals surface area (Å²) in [4.78, 5) is 5.46. The summed E-state index contributed by atoms with van der Waals surface area (Å²) < 4.78 is 3.04. The number of nitrogens with one attached hydrogen (secondary N) is 1. The molecule has 0 unspecified atom stereocenters. The molecule has 0 spiro atoms. The van der Waals surface area contributed by atoms with Gasteiger partial charge in [0.15, 0.2) is 4.77 Å². The van der Waals surface area contributed by atoms with Gasteiger partial charge < -0.3 is 14.5 Å². The zero-order chi connectivity index (χ0) is 12.3. The summed E-state index contributed by atoms with van der Waals surface area (Å²) in [7, 11) is 2.15. The summed E-state index contributed by atoms with van der Waals surface area (Å²) in [5.41, 5.74) is 1.29. The summed E-state index contributed by atoms with van der Waals surface area (Å²) in [6, 6.07) is 0.579. The SMILES string of the molecule is CC(C)c1c[nH]c(=S)n1CCN(C)C(C)C. The average molecular weight is 241 g/mol. The number of H-pyrrole nitrogens is 1. The van der Waals surface area contributed by atoms with Gasteiger partial charge in [0.05, 0.1) is 0 Å². The van der Waals surface area contributed by atoms with Crippen LogP contribution in [0.25, 0.3) is 0 Å². The number of aromatic amines is 1. The van der Waals surface area contributed by atoms with Gasteiger partial charge in [0.1, 0.15) is 0 Å². The first kappa shape index (κ1) is 13.5. The molecule has 0 fully saturated rings. The molecule has 1 aromatic heterocycles. The fraction of sp³-hybridized carbons (Fsp3) is 0.750. The fourth-order valence-corrected chi connectivity index (χ4v) is 1.89. The van der Waals surface area contributed by atoms with Crippen molar-refractivity contribution in [1.82, 2.24) is 14.5 Å². The molecule has 92 valence electrons. The number of rotatable bonds is 5. The summed E-state index contributed by atoms with van der Waals surface area (Å²) in [5, 5.41) is 0. The van der Waals surface area contributed by atoms with Crippen LogP contribution in [0.5, 0.6) is 0 Å². The first-order chi connectivity index (χ1) is 7.43. The number of aromatic nitrogens is 2. The van der Waals surface area contributed by atoms with Gasteiger partial charge >= 0.3 is 0 Å². The molecule has 1 heterocycles. The lowest BCUT2D eigenvalue weighted by Gasteiger charge is -2.22. The highest BCUT2D eigenvalue weighted by Crippen LogP contribution is 2.14. The molecule has 1 aromatic rings. The lowest BCUT2D eigenvalue weighted by atomic mass is 10.1. The van der Waals surface area contributed by atoms with Gasteiger partial charge in [-0.3, -0.25) is 0 Å². The zero-order valence-corrected chi connectivity index (χ0v) is 11.8. The van der Waals surface area contributed by atoms with Gasteiger partial charge in [0.2, 0.25) is 0 Å². The minimum Gasteiger partial charge on any atom is -0.337 e. The second-order valence-corrected chi connectivity index (χ2v) is 5.29. The Hall–Kier alpha value is -0.610. The van der Waals surface area contributed by atoms with Gasteiger partial charge in [-0.15, -0.1) is 0 Å². The Balaban J connectivity index is 2.73. The van der Waals surface area contributed by atoms with Gasteiger partial charge in [0.25, 0.3) is 0 Å². The lowest BCUT2D eigenvalue weighted by Crippen LogP contribution is -2.30. The Kier molecular flexibility index (Phi) is 4.74. The predicted octanol–water partition coefficient (Wildman–Crippen LogP) is 3.01. The van der Waals surface area contributed by atoms with Crippen LogP contribution in [0.3, 0.4) is 0 Å². The molecule has 3 nitrogen and oxygen atoms in total. The third-order valence-electron chi connectivity index (χ3n) is 3.05. The van der Waals surface area contributed by atoms with Crippen LogP contribution in [0.2, 0.25) is 0 Å². The maximum Gasteiger partial charge on any atom is 0.177 e. The molecule has 0 saturated carbocycles. The van der Waals surface area contributed by atoms with Gasteiger partial charge in [-0.2, -0.15) is 0 Å².